The minimum atomic E-state index is -0.867. The van der Waals surface area contributed by atoms with Gasteiger partial charge in [-0.05, 0) is 61.5 Å². The lowest BCUT2D eigenvalue weighted by Gasteiger charge is -2.10. The SMILES string of the molecule is CCOC(=O)c1cc(-c2cccc(NC(=O)c3cc(F)cc(F)c3)c2)n(-c2ccc(F)cc2)n1. The molecule has 1 aromatic heterocycles. The summed E-state index contributed by atoms with van der Waals surface area (Å²) in [7, 11) is 0. The van der Waals surface area contributed by atoms with E-state index in [1.165, 1.54) is 35.0 Å². The number of benzene rings is 3. The molecule has 1 amide bonds. The van der Waals surface area contributed by atoms with Crippen molar-refractivity contribution in [3.63, 3.8) is 0 Å². The summed E-state index contributed by atoms with van der Waals surface area (Å²) in [6, 6.07) is 16.2. The van der Waals surface area contributed by atoms with Crippen molar-refractivity contribution >= 4 is 17.6 Å². The molecule has 172 valence electrons. The highest BCUT2D eigenvalue weighted by atomic mass is 19.1. The average molecular weight is 465 g/mol. The summed E-state index contributed by atoms with van der Waals surface area (Å²) in [5.74, 6) is -3.49. The van der Waals surface area contributed by atoms with E-state index in [1.807, 2.05) is 0 Å². The third-order valence-corrected chi connectivity index (χ3v) is 4.81. The van der Waals surface area contributed by atoms with Crippen LogP contribution in [-0.2, 0) is 4.74 Å². The molecule has 0 aliphatic carbocycles. The predicted molar refractivity (Wildman–Crippen MR) is 119 cm³/mol. The summed E-state index contributed by atoms with van der Waals surface area (Å²) in [6.07, 6.45) is 0. The second kappa shape index (κ2) is 9.62. The molecule has 0 spiro atoms. The molecule has 4 rings (SSSR count). The number of nitrogens with one attached hydrogen (secondary N) is 1. The van der Waals surface area contributed by atoms with Crippen LogP contribution in [0.25, 0.3) is 16.9 Å². The fourth-order valence-corrected chi connectivity index (χ4v) is 3.32. The quantitative estimate of drug-likeness (QED) is 0.388. The zero-order valence-corrected chi connectivity index (χ0v) is 17.9. The predicted octanol–water partition coefficient (Wildman–Crippen LogP) is 5.39. The van der Waals surface area contributed by atoms with Crippen molar-refractivity contribution < 1.29 is 27.5 Å². The first-order chi connectivity index (χ1) is 16.3. The zero-order valence-electron chi connectivity index (χ0n) is 17.9. The van der Waals surface area contributed by atoms with Gasteiger partial charge >= 0.3 is 5.97 Å². The highest BCUT2D eigenvalue weighted by Crippen LogP contribution is 2.27. The van der Waals surface area contributed by atoms with Crippen molar-refractivity contribution in [2.24, 2.45) is 0 Å². The first-order valence-electron chi connectivity index (χ1n) is 10.2. The number of aromatic nitrogens is 2. The van der Waals surface area contributed by atoms with E-state index >= 15 is 0 Å². The second-order valence-electron chi connectivity index (χ2n) is 7.22. The van der Waals surface area contributed by atoms with Gasteiger partial charge in [0.15, 0.2) is 5.69 Å². The van der Waals surface area contributed by atoms with Gasteiger partial charge in [-0.2, -0.15) is 5.10 Å². The molecule has 0 unspecified atom stereocenters. The van der Waals surface area contributed by atoms with Gasteiger partial charge in [0.2, 0.25) is 0 Å². The minimum absolute atomic E-state index is 0.0471. The van der Waals surface area contributed by atoms with E-state index in [-0.39, 0.29) is 17.9 Å². The summed E-state index contributed by atoms with van der Waals surface area (Å²) in [5.41, 5.74) is 1.75. The zero-order chi connectivity index (χ0) is 24.2. The van der Waals surface area contributed by atoms with Gasteiger partial charge in [0, 0.05) is 22.9 Å². The molecule has 3 aromatic carbocycles. The first kappa shape index (κ1) is 22.8. The van der Waals surface area contributed by atoms with Crippen molar-refractivity contribution in [1.82, 2.24) is 9.78 Å². The number of anilines is 1. The Bertz CT molecular complexity index is 1350. The highest BCUT2D eigenvalue weighted by Gasteiger charge is 2.18. The maximum atomic E-state index is 13.5. The van der Waals surface area contributed by atoms with Crippen LogP contribution in [0.4, 0.5) is 18.9 Å². The highest BCUT2D eigenvalue weighted by molar-refractivity contribution is 6.04. The van der Waals surface area contributed by atoms with Crippen LogP contribution in [0, 0.1) is 17.5 Å². The van der Waals surface area contributed by atoms with E-state index in [1.54, 1.807) is 31.2 Å². The van der Waals surface area contributed by atoms with Gasteiger partial charge in [0.1, 0.15) is 17.5 Å². The number of esters is 1. The number of nitrogens with zero attached hydrogens (tertiary/aromatic N) is 2. The van der Waals surface area contributed by atoms with E-state index in [0.717, 1.165) is 12.1 Å². The number of ether oxygens (including phenoxy) is 1. The molecule has 0 atom stereocenters. The Labute approximate surface area is 192 Å². The van der Waals surface area contributed by atoms with Crippen molar-refractivity contribution in [2.45, 2.75) is 6.92 Å². The molecule has 6 nitrogen and oxygen atoms in total. The Morgan fingerprint density at radius 2 is 1.62 bits per heavy atom. The lowest BCUT2D eigenvalue weighted by atomic mass is 10.1. The van der Waals surface area contributed by atoms with Gasteiger partial charge in [0.25, 0.3) is 5.91 Å². The van der Waals surface area contributed by atoms with Crippen molar-refractivity contribution in [1.29, 1.82) is 0 Å². The Hall–Kier alpha value is -4.40. The fraction of sp³-hybridized carbons (Fsp3) is 0.0800. The van der Waals surface area contributed by atoms with E-state index in [2.05, 4.69) is 10.4 Å². The molecule has 1 N–H and O–H groups in total. The van der Waals surface area contributed by atoms with Crippen LogP contribution in [-0.4, -0.2) is 28.3 Å². The van der Waals surface area contributed by atoms with Gasteiger partial charge in [-0.3, -0.25) is 4.79 Å². The smallest absolute Gasteiger partial charge is 0.358 e. The van der Waals surface area contributed by atoms with E-state index in [0.29, 0.717) is 28.7 Å². The largest absolute Gasteiger partial charge is 0.461 e. The summed E-state index contributed by atoms with van der Waals surface area (Å²) < 4.78 is 46.9. The molecule has 0 saturated heterocycles. The van der Waals surface area contributed by atoms with Gasteiger partial charge in [-0.1, -0.05) is 12.1 Å². The summed E-state index contributed by atoms with van der Waals surface area (Å²) >= 11 is 0. The molecule has 4 aromatic rings. The second-order valence-corrected chi connectivity index (χ2v) is 7.22. The summed E-state index contributed by atoms with van der Waals surface area (Å²) in [5, 5.41) is 6.91. The monoisotopic (exact) mass is 465 g/mol. The van der Waals surface area contributed by atoms with Crippen LogP contribution in [0.5, 0.6) is 0 Å². The standard InChI is InChI=1S/C25H18F3N3O3/c1-2-34-25(33)22-14-23(31(30-22)21-8-6-17(26)7-9-21)15-4-3-5-20(12-15)29-24(32)16-10-18(27)13-19(28)11-16/h3-14H,2H2,1H3,(H,29,32). The number of hydrogen-bond donors (Lipinski definition) is 1. The van der Waals surface area contributed by atoms with Gasteiger partial charge < -0.3 is 10.1 Å². The van der Waals surface area contributed by atoms with Gasteiger partial charge in [0.05, 0.1) is 18.0 Å². The van der Waals surface area contributed by atoms with Crippen molar-refractivity contribution in [3.05, 3.63) is 102 Å². The van der Waals surface area contributed by atoms with Crippen LogP contribution in [0.2, 0.25) is 0 Å². The number of halogens is 3. The molecule has 0 fully saturated rings. The molecule has 0 saturated carbocycles. The maximum Gasteiger partial charge on any atom is 0.358 e. The third-order valence-electron chi connectivity index (χ3n) is 4.81. The normalized spacial score (nSPS) is 10.7. The number of rotatable bonds is 6. The lowest BCUT2D eigenvalue weighted by molar-refractivity contribution is 0.0518. The van der Waals surface area contributed by atoms with Crippen LogP contribution >= 0.6 is 0 Å². The molecule has 9 heteroatoms. The Balaban J connectivity index is 1.71. The molecular weight excluding hydrogens is 447 g/mol. The van der Waals surface area contributed by atoms with Crippen LogP contribution in [0.3, 0.4) is 0 Å². The van der Waals surface area contributed by atoms with E-state index in [9.17, 15) is 22.8 Å². The fourth-order valence-electron chi connectivity index (χ4n) is 3.32. The van der Waals surface area contributed by atoms with E-state index in [4.69, 9.17) is 4.74 Å². The summed E-state index contributed by atoms with van der Waals surface area (Å²) in [4.78, 5) is 24.8. The number of carbonyl (C=O) groups excluding carboxylic acids is 2. The van der Waals surface area contributed by atoms with Crippen LogP contribution < -0.4 is 5.32 Å². The Morgan fingerprint density at radius 1 is 0.912 bits per heavy atom. The van der Waals surface area contributed by atoms with E-state index < -0.39 is 29.3 Å². The molecule has 0 bridgehead atoms. The van der Waals surface area contributed by atoms with Gasteiger partial charge in [-0.15, -0.1) is 0 Å². The molecule has 34 heavy (non-hydrogen) atoms. The van der Waals surface area contributed by atoms with Crippen LogP contribution in [0.1, 0.15) is 27.8 Å². The molecule has 0 aliphatic rings. The number of hydrogen-bond acceptors (Lipinski definition) is 4. The molecule has 0 aliphatic heterocycles. The topological polar surface area (TPSA) is 73.2 Å². The molecule has 0 radical (unpaired) electrons. The minimum Gasteiger partial charge on any atom is -0.461 e. The first-order valence-corrected chi connectivity index (χ1v) is 10.2. The maximum absolute atomic E-state index is 13.5. The Kier molecular flexibility index (Phi) is 6.44. The lowest BCUT2D eigenvalue weighted by Crippen LogP contribution is -2.12. The van der Waals surface area contributed by atoms with Crippen LogP contribution in [0.15, 0.2) is 72.8 Å². The molecule has 1 heterocycles. The number of carbonyl (C=O) groups is 2. The summed E-state index contributed by atoms with van der Waals surface area (Å²) in [6.45, 7) is 1.84. The average Bonchev–Trinajstić information content (AvgIpc) is 3.25. The van der Waals surface area contributed by atoms with Crippen molar-refractivity contribution in [2.75, 3.05) is 11.9 Å². The van der Waals surface area contributed by atoms with Gasteiger partial charge in [-0.25, -0.2) is 22.6 Å². The Morgan fingerprint density at radius 3 is 2.29 bits per heavy atom. The third kappa shape index (κ3) is 4.98. The molecular formula is C25H18F3N3O3. The number of amides is 1. The van der Waals surface area contributed by atoms with Crippen molar-refractivity contribution in [3.8, 4) is 16.9 Å².